The molecule has 1 aliphatic carbocycles. The smallest absolute Gasteiger partial charge is 0.261 e. The molecule has 10 heteroatoms. The molecule has 2 aromatic rings. The standard InChI is InChI=1S/C20H25N3O5S2/c1-3-23(4-2)30(27,28)17-13-11-16(12-14-17)29(25,26)22-19-8-6-5-7-18(19)20(24)21-15-9-10-15/h5-8,11-15,22H,3-4,9-10H2,1-2H3,(H,21,24). The molecule has 3 rings (SSSR count). The van der Waals surface area contributed by atoms with Gasteiger partial charge in [-0.1, -0.05) is 26.0 Å². The SMILES string of the molecule is CCN(CC)S(=O)(=O)c1ccc(S(=O)(=O)Nc2ccccc2C(=O)NC2CC2)cc1. The van der Waals surface area contributed by atoms with Gasteiger partial charge in [-0.3, -0.25) is 9.52 Å². The normalized spacial score (nSPS) is 14.5. The van der Waals surface area contributed by atoms with Crippen LogP contribution in [0.15, 0.2) is 58.3 Å². The number of hydrogen-bond donors (Lipinski definition) is 2. The maximum atomic E-state index is 12.8. The predicted octanol–water partition coefficient (Wildman–Crippen LogP) is 2.41. The van der Waals surface area contributed by atoms with Crippen molar-refractivity contribution in [2.45, 2.75) is 42.5 Å². The number of sulfonamides is 2. The van der Waals surface area contributed by atoms with E-state index >= 15 is 0 Å². The number of carbonyl (C=O) groups is 1. The highest BCUT2D eigenvalue weighted by molar-refractivity contribution is 7.92. The van der Waals surface area contributed by atoms with Crippen LogP contribution < -0.4 is 10.0 Å². The average Bonchev–Trinajstić information content (AvgIpc) is 3.53. The van der Waals surface area contributed by atoms with E-state index in [1.54, 1.807) is 32.0 Å². The van der Waals surface area contributed by atoms with Crippen LogP contribution in [0.2, 0.25) is 0 Å². The van der Waals surface area contributed by atoms with Crippen molar-refractivity contribution in [1.29, 1.82) is 0 Å². The van der Waals surface area contributed by atoms with Crippen molar-refractivity contribution in [1.82, 2.24) is 9.62 Å². The molecule has 0 radical (unpaired) electrons. The van der Waals surface area contributed by atoms with E-state index in [0.29, 0.717) is 13.1 Å². The number of carbonyl (C=O) groups excluding carboxylic acids is 1. The number of anilines is 1. The Labute approximate surface area is 177 Å². The van der Waals surface area contributed by atoms with Gasteiger partial charge >= 0.3 is 0 Å². The zero-order chi connectivity index (χ0) is 21.9. The van der Waals surface area contributed by atoms with Crippen molar-refractivity contribution in [3.63, 3.8) is 0 Å². The zero-order valence-electron chi connectivity index (χ0n) is 16.8. The summed E-state index contributed by atoms with van der Waals surface area (Å²) in [6.07, 6.45) is 1.84. The first-order valence-corrected chi connectivity index (χ1v) is 12.6. The average molecular weight is 452 g/mol. The van der Waals surface area contributed by atoms with Crippen LogP contribution in [0.5, 0.6) is 0 Å². The number of hydrogen-bond acceptors (Lipinski definition) is 5. The molecule has 0 aliphatic heterocycles. The predicted molar refractivity (Wildman–Crippen MR) is 114 cm³/mol. The zero-order valence-corrected chi connectivity index (χ0v) is 18.5. The monoisotopic (exact) mass is 451 g/mol. The molecule has 2 N–H and O–H groups in total. The van der Waals surface area contributed by atoms with Gasteiger partial charge in [0, 0.05) is 19.1 Å². The highest BCUT2D eigenvalue weighted by Gasteiger charge is 2.26. The Kier molecular flexibility index (Phi) is 6.49. The van der Waals surface area contributed by atoms with Gasteiger partial charge in [0.25, 0.3) is 15.9 Å². The molecule has 1 aliphatic rings. The number of rotatable bonds is 9. The molecule has 1 fully saturated rings. The maximum Gasteiger partial charge on any atom is 0.261 e. The minimum Gasteiger partial charge on any atom is -0.349 e. The van der Waals surface area contributed by atoms with Crippen molar-refractivity contribution in [2.24, 2.45) is 0 Å². The summed E-state index contributed by atoms with van der Waals surface area (Å²) < 4.78 is 54.5. The fourth-order valence-corrected chi connectivity index (χ4v) is 5.51. The van der Waals surface area contributed by atoms with Gasteiger partial charge in [0.15, 0.2) is 0 Å². The second kappa shape index (κ2) is 8.75. The van der Waals surface area contributed by atoms with E-state index in [-0.39, 0.29) is 33.0 Å². The van der Waals surface area contributed by atoms with Crippen LogP contribution >= 0.6 is 0 Å². The summed E-state index contributed by atoms with van der Waals surface area (Å²) in [7, 11) is -7.70. The third-order valence-corrected chi connectivity index (χ3v) is 8.25. The summed E-state index contributed by atoms with van der Waals surface area (Å²) >= 11 is 0. The summed E-state index contributed by atoms with van der Waals surface area (Å²) in [5.41, 5.74) is 0.393. The molecular weight excluding hydrogens is 426 g/mol. The number of amides is 1. The van der Waals surface area contributed by atoms with Gasteiger partial charge in [0.2, 0.25) is 10.0 Å². The van der Waals surface area contributed by atoms with Gasteiger partial charge in [-0.25, -0.2) is 16.8 Å². The largest absolute Gasteiger partial charge is 0.349 e. The van der Waals surface area contributed by atoms with Crippen molar-refractivity contribution >= 4 is 31.6 Å². The van der Waals surface area contributed by atoms with Gasteiger partial charge in [-0.2, -0.15) is 4.31 Å². The molecule has 0 unspecified atom stereocenters. The molecule has 2 aromatic carbocycles. The van der Waals surface area contributed by atoms with Crippen LogP contribution in [0.3, 0.4) is 0 Å². The van der Waals surface area contributed by atoms with Crippen LogP contribution in [0, 0.1) is 0 Å². The summed E-state index contributed by atoms with van der Waals surface area (Å²) in [6, 6.07) is 11.5. The Morgan fingerprint density at radius 2 is 1.50 bits per heavy atom. The third-order valence-electron chi connectivity index (χ3n) is 4.81. The van der Waals surface area contributed by atoms with Crippen LogP contribution in [0.4, 0.5) is 5.69 Å². The van der Waals surface area contributed by atoms with E-state index in [4.69, 9.17) is 0 Å². The summed E-state index contributed by atoms with van der Waals surface area (Å²) in [5.74, 6) is -0.337. The summed E-state index contributed by atoms with van der Waals surface area (Å²) in [6.45, 7) is 4.11. The number of nitrogens with one attached hydrogen (secondary N) is 2. The van der Waals surface area contributed by atoms with E-state index in [1.165, 1.54) is 34.6 Å². The molecule has 0 bridgehead atoms. The van der Waals surface area contributed by atoms with Gasteiger partial charge in [-0.05, 0) is 49.2 Å². The van der Waals surface area contributed by atoms with E-state index in [0.717, 1.165) is 12.8 Å². The van der Waals surface area contributed by atoms with Crippen molar-refractivity contribution in [3.05, 3.63) is 54.1 Å². The summed E-state index contributed by atoms with van der Waals surface area (Å²) in [5, 5.41) is 2.84. The van der Waals surface area contributed by atoms with Crippen LogP contribution in [-0.4, -0.2) is 46.2 Å². The topological polar surface area (TPSA) is 113 Å². The molecule has 0 atom stereocenters. The lowest BCUT2D eigenvalue weighted by atomic mass is 10.1. The fraction of sp³-hybridized carbons (Fsp3) is 0.350. The second-order valence-electron chi connectivity index (χ2n) is 6.96. The van der Waals surface area contributed by atoms with E-state index < -0.39 is 20.0 Å². The first kappa shape index (κ1) is 22.3. The fourth-order valence-electron chi connectivity index (χ4n) is 2.97. The van der Waals surface area contributed by atoms with Crippen molar-refractivity contribution in [3.8, 4) is 0 Å². The highest BCUT2D eigenvalue weighted by atomic mass is 32.2. The van der Waals surface area contributed by atoms with Crippen LogP contribution in [0.1, 0.15) is 37.0 Å². The first-order valence-electron chi connectivity index (χ1n) is 9.72. The van der Waals surface area contributed by atoms with Crippen LogP contribution in [0.25, 0.3) is 0 Å². The Morgan fingerprint density at radius 3 is 2.07 bits per heavy atom. The van der Waals surface area contributed by atoms with Crippen molar-refractivity contribution in [2.75, 3.05) is 17.8 Å². The Bertz CT molecular complexity index is 1120. The quantitative estimate of drug-likeness (QED) is 0.608. The lowest BCUT2D eigenvalue weighted by Crippen LogP contribution is -2.30. The van der Waals surface area contributed by atoms with E-state index in [9.17, 15) is 21.6 Å². The Balaban J connectivity index is 1.84. The van der Waals surface area contributed by atoms with Gasteiger partial charge in [-0.15, -0.1) is 0 Å². The third kappa shape index (κ3) is 4.82. The maximum absolute atomic E-state index is 12.8. The van der Waals surface area contributed by atoms with Gasteiger partial charge in [0.05, 0.1) is 21.0 Å². The minimum absolute atomic E-state index is 0.0226. The molecule has 162 valence electrons. The minimum atomic E-state index is -4.01. The summed E-state index contributed by atoms with van der Waals surface area (Å²) in [4.78, 5) is 12.3. The second-order valence-corrected chi connectivity index (χ2v) is 10.6. The van der Waals surface area contributed by atoms with Crippen molar-refractivity contribution < 1.29 is 21.6 Å². The lowest BCUT2D eigenvalue weighted by Gasteiger charge is -2.18. The molecule has 0 aromatic heterocycles. The molecule has 1 amide bonds. The van der Waals surface area contributed by atoms with Crippen LogP contribution in [-0.2, 0) is 20.0 Å². The molecule has 0 spiro atoms. The number of para-hydroxylation sites is 1. The van der Waals surface area contributed by atoms with Gasteiger partial charge in [0.1, 0.15) is 0 Å². The number of benzene rings is 2. The molecule has 8 nitrogen and oxygen atoms in total. The Morgan fingerprint density at radius 1 is 0.933 bits per heavy atom. The lowest BCUT2D eigenvalue weighted by molar-refractivity contribution is 0.0952. The molecule has 0 saturated heterocycles. The molecule has 1 saturated carbocycles. The Hall–Kier alpha value is -2.43. The number of nitrogens with zero attached hydrogens (tertiary/aromatic N) is 1. The van der Waals surface area contributed by atoms with E-state index in [1.807, 2.05) is 0 Å². The molecule has 0 heterocycles. The highest BCUT2D eigenvalue weighted by Crippen LogP contribution is 2.24. The molecule has 30 heavy (non-hydrogen) atoms. The van der Waals surface area contributed by atoms with E-state index in [2.05, 4.69) is 10.0 Å². The van der Waals surface area contributed by atoms with Gasteiger partial charge < -0.3 is 5.32 Å². The first-order chi connectivity index (χ1) is 14.2. The molecular formula is C20H25N3O5S2.